The molecule has 0 aliphatic rings. The molecule has 0 spiro atoms. The average molecular weight is 349 g/mol. The van der Waals surface area contributed by atoms with Gasteiger partial charge in [0.25, 0.3) is 0 Å². The molecule has 0 unspecified atom stereocenters. The fraction of sp³-hybridized carbons (Fsp3) is 0.167. The van der Waals surface area contributed by atoms with Crippen molar-refractivity contribution in [1.82, 2.24) is 9.55 Å². The van der Waals surface area contributed by atoms with Gasteiger partial charge in [0.05, 0.1) is 16.8 Å². The van der Waals surface area contributed by atoms with Crippen LogP contribution in [0.4, 0.5) is 13.2 Å². The summed E-state index contributed by atoms with van der Waals surface area (Å²) in [5.74, 6) is -1.42. The molecule has 20 heavy (non-hydrogen) atoms. The van der Waals surface area contributed by atoms with E-state index in [1.165, 1.54) is 6.07 Å². The molecule has 0 saturated heterocycles. The lowest BCUT2D eigenvalue weighted by Crippen LogP contribution is -2.09. The third-order valence-corrected chi connectivity index (χ3v) is 3.47. The third-order valence-electron chi connectivity index (χ3n) is 2.63. The van der Waals surface area contributed by atoms with Crippen molar-refractivity contribution >= 4 is 21.9 Å². The lowest BCUT2D eigenvalue weighted by atomic mass is 10.2. The quantitative estimate of drug-likeness (QED) is 0.900. The molecule has 0 saturated carbocycles. The second-order valence-electron chi connectivity index (χ2n) is 4.03. The van der Waals surface area contributed by atoms with E-state index in [0.717, 1.165) is 17.0 Å². The highest BCUT2D eigenvalue weighted by Gasteiger charge is 2.37. The number of carbonyl (C=O) groups is 1. The smallest absolute Gasteiger partial charge is 0.418 e. The number of alkyl halides is 3. The van der Waals surface area contributed by atoms with Crippen molar-refractivity contribution in [2.45, 2.75) is 13.1 Å². The molecule has 0 aromatic carbocycles. The van der Waals surface area contributed by atoms with E-state index < -0.39 is 23.3 Å². The topological polar surface area (TPSA) is 55.1 Å². The van der Waals surface area contributed by atoms with Crippen LogP contribution in [0.15, 0.2) is 29.0 Å². The molecule has 0 amide bonds. The maximum Gasteiger partial charge on any atom is 0.418 e. The molecule has 0 atom stereocenters. The molecule has 0 bridgehead atoms. The van der Waals surface area contributed by atoms with Crippen LogP contribution in [0.2, 0.25) is 0 Å². The summed E-state index contributed by atoms with van der Waals surface area (Å²) in [5.41, 5.74) is -1.42. The minimum atomic E-state index is -4.73. The summed E-state index contributed by atoms with van der Waals surface area (Å²) in [6.07, 6.45) is -3.11. The molecule has 0 radical (unpaired) electrons. The minimum absolute atomic E-state index is 0.212. The van der Waals surface area contributed by atoms with Crippen LogP contribution < -0.4 is 0 Å². The predicted octanol–water partition coefficient (Wildman–Crippen LogP) is 3.66. The molecule has 0 fully saturated rings. The van der Waals surface area contributed by atoms with Gasteiger partial charge >= 0.3 is 12.1 Å². The molecule has 8 heteroatoms. The van der Waals surface area contributed by atoms with Crippen LogP contribution in [-0.2, 0) is 6.18 Å². The number of halogens is 4. The summed E-state index contributed by atoms with van der Waals surface area (Å²) in [5, 5.41) is 8.85. The molecule has 2 rings (SSSR count). The van der Waals surface area contributed by atoms with Crippen molar-refractivity contribution < 1.29 is 23.1 Å². The normalized spacial score (nSPS) is 11.7. The molecular weight excluding hydrogens is 341 g/mol. The van der Waals surface area contributed by atoms with E-state index in [0.29, 0.717) is 10.2 Å². The lowest BCUT2D eigenvalue weighted by molar-refractivity contribution is -0.138. The number of carboxylic acid groups (broad SMARTS) is 1. The first-order valence-corrected chi connectivity index (χ1v) is 6.15. The second-order valence-corrected chi connectivity index (χ2v) is 4.89. The first-order valence-electron chi connectivity index (χ1n) is 5.36. The Kier molecular flexibility index (Phi) is 3.59. The summed E-state index contributed by atoms with van der Waals surface area (Å²) in [6.45, 7) is 1.68. The van der Waals surface area contributed by atoms with Crippen molar-refractivity contribution in [2.75, 3.05) is 0 Å². The van der Waals surface area contributed by atoms with Crippen molar-refractivity contribution in [3.05, 3.63) is 45.8 Å². The maximum atomic E-state index is 12.8. The van der Waals surface area contributed by atoms with Crippen LogP contribution in [0.1, 0.15) is 21.6 Å². The zero-order chi connectivity index (χ0) is 15.1. The van der Waals surface area contributed by atoms with Crippen LogP contribution in [0, 0.1) is 6.92 Å². The molecule has 4 nitrogen and oxygen atoms in total. The maximum absolute atomic E-state index is 12.8. The van der Waals surface area contributed by atoms with Crippen LogP contribution in [-0.4, -0.2) is 20.6 Å². The van der Waals surface area contributed by atoms with E-state index >= 15 is 0 Å². The second kappa shape index (κ2) is 4.93. The number of rotatable bonds is 2. The fourth-order valence-corrected chi connectivity index (χ4v) is 1.88. The van der Waals surface area contributed by atoms with E-state index in [4.69, 9.17) is 5.11 Å². The molecule has 1 N–H and O–H groups in total. The standard InChI is InChI=1S/C12H8BrF3N2O2/c1-6-9(13)2-3-10(17-6)18-4-7(11(19)20)8(5-18)12(14,15)16/h2-5H,1H3,(H,19,20). The van der Waals surface area contributed by atoms with Gasteiger partial charge in [0.2, 0.25) is 0 Å². The highest BCUT2D eigenvalue weighted by molar-refractivity contribution is 9.10. The van der Waals surface area contributed by atoms with Gasteiger partial charge in [-0.05, 0) is 35.0 Å². The largest absolute Gasteiger partial charge is 0.478 e. The van der Waals surface area contributed by atoms with Crippen molar-refractivity contribution in [3.8, 4) is 5.82 Å². The van der Waals surface area contributed by atoms with Gasteiger partial charge in [-0.25, -0.2) is 9.78 Å². The zero-order valence-corrected chi connectivity index (χ0v) is 11.7. The summed E-state index contributed by atoms with van der Waals surface area (Å²) in [4.78, 5) is 15.0. The minimum Gasteiger partial charge on any atom is -0.478 e. The van der Waals surface area contributed by atoms with E-state index in [2.05, 4.69) is 20.9 Å². The number of nitrogens with zero attached hydrogens (tertiary/aromatic N) is 2. The molecule has 0 aliphatic carbocycles. The molecule has 2 aromatic rings. The number of aromatic carboxylic acids is 1. The van der Waals surface area contributed by atoms with Crippen LogP contribution in [0.25, 0.3) is 5.82 Å². The van der Waals surface area contributed by atoms with Crippen molar-refractivity contribution in [1.29, 1.82) is 0 Å². The van der Waals surface area contributed by atoms with Gasteiger partial charge in [-0.15, -0.1) is 0 Å². The average Bonchev–Trinajstić information content (AvgIpc) is 2.77. The predicted molar refractivity (Wildman–Crippen MR) is 68.0 cm³/mol. The first kappa shape index (κ1) is 14.6. The Morgan fingerprint density at radius 3 is 2.45 bits per heavy atom. The fourth-order valence-electron chi connectivity index (χ4n) is 1.66. The van der Waals surface area contributed by atoms with Crippen LogP contribution >= 0.6 is 15.9 Å². The number of hydrogen-bond acceptors (Lipinski definition) is 2. The van der Waals surface area contributed by atoms with E-state index in [1.54, 1.807) is 13.0 Å². The molecule has 2 heterocycles. The van der Waals surface area contributed by atoms with Gasteiger partial charge < -0.3 is 9.67 Å². The third kappa shape index (κ3) is 2.69. The van der Waals surface area contributed by atoms with Crippen molar-refractivity contribution in [2.24, 2.45) is 0 Å². The van der Waals surface area contributed by atoms with Crippen LogP contribution in [0.3, 0.4) is 0 Å². The van der Waals surface area contributed by atoms with Gasteiger partial charge in [-0.2, -0.15) is 13.2 Å². The van der Waals surface area contributed by atoms with E-state index in [1.807, 2.05) is 0 Å². The molecular formula is C12H8BrF3N2O2. The van der Waals surface area contributed by atoms with Crippen molar-refractivity contribution in [3.63, 3.8) is 0 Å². The number of aromatic nitrogens is 2. The monoisotopic (exact) mass is 348 g/mol. The van der Waals surface area contributed by atoms with E-state index in [9.17, 15) is 18.0 Å². The Hall–Kier alpha value is -1.83. The highest BCUT2D eigenvalue weighted by atomic mass is 79.9. The Balaban J connectivity index is 2.58. The number of carboxylic acids is 1. The molecule has 0 aliphatic heterocycles. The Morgan fingerprint density at radius 2 is 2.00 bits per heavy atom. The lowest BCUT2D eigenvalue weighted by Gasteiger charge is -2.05. The number of hydrogen-bond donors (Lipinski definition) is 1. The van der Waals surface area contributed by atoms with Gasteiger partial charge in [0, 0.05) is 16.9 Å². The SMILES string of the molecule is Cc1nc(-n2cc(C(=O)O)c(C(F)(F)F)c2)ccc1Br. The Bertz CT molecular complexity index is 680. The zero-order valence-electron chi connectivity index (χ0n) is 10.1. The van der Waals surface area contributed by atoms with Gasteiger partial charge in [0.15, 0.2) is 0 Å². The van der Waals surface area contributed by atoms with Crippen LogP contribution in [0.5, 0.6) is 0 Å². The number of aryl methyl sites for hydroxylation is 1. The summed E-state index contributed by atoms with van der Waals surface area (Å²) < 4.78 is 40.1. The summed E-state index contributed by atoms with van der Waals surface area (Å²) in [6, 6.07) is 3.12. The summed E-state index contributed by atoms with van der Waals surface area (Å²) >= 11 is 3.23. The number of pyridine rings is 1. The Morgan fingerprint density at radius 1 is 1.35 bits per heavy atom. The first-order chi connectivity index (χ1) is 9.20. The van der Waals surface area contributed by atoms with E-state index in [-0.39, 0.29) is 5.82 Å². The van der Waals surface area contributed by atoms with Gasteiger partial charge in [-0.3, -0.25) is 0 Å². The molecule has 106 valence electrons. The van der Waals surface area contributed by atoms with Gasteiger partial charge in [-0.1, -0.05) is 0 Å². The summed E-state index contributed by atoms with van der Waals surface area (Å²) in [7, 11) is 0. The Labute approximate surface area is 120 Å². The highest BCUT2D eigenvalue weighted by Crippen LogP contribution is 2.33. The molecule has 2 aromatic heterocycles. The van der Waals surface area contributed by atoms with Gasteiger partial charge in [0.1, 0.15) is 5.82 Å².